The Labute approximate surface area is 130 Å². The Hall–Kier alpha value is -1.37. The normalized spacial score (nSPS) is 11.9. The van der Waals surface area contributed by atoms with Crippen molar-refractivity contribution in [2.75, 3.05) is 4.72 Å². The topological polar surface area (TPSA) is 72.2 Å². The van der Waals surface area contributed by atoms with E-state index in [2.05, 4.69) is 18.6 Å². The number of benzene rings is 1. The van der Waals surface area contributed by atoms with E-state index in [-0.39, 0.29) is 6.54 Å². The van der Waals surface area contributed by atoms with Crippen molar-refractivity contribution in [2.24, 2.45) is 5.73 Å². The summed E-state index contributed by atoms with van der Waals surface area (Å²) < 4.78 is 27.8. The highest BCUT2D eigenvalue weighted by Crippen LogP contribution is 2.29. The number of sulfonamides is 1. The van der Waals surface area contributed by atoms with Gasteiger partial charge in [-0.25, -0.2) is 8.42 Å². The molecular formula is C15H20N2O2S2. The van der Waals surface area contributed by atoms with Crippen LogP contribution in [0.25, 0.3) is 0 Å². The van der Waals surface area contributed by atoms with Gasteiger partial charge in [0.15, 0.2) is 0 Å². The molecule has 6 heteroatoms. The van der Waals surface area contributed by atoms with Crippen LogP contribution in [0.2, 0.25) is 0 Å². The molecule has 0 atom stereocenters. The molecule has 0 spiro atoms. The number of nitrogens with one attached hydrogen (secondary N) is 1. The van der Waals surface area contributed by atoms with E-state index in [4.69, 9.17) is 5.73 Å². The van der Waals surface area contributed by atoms with Gasteiger partial charge in [0.2, 0.25) is 0 Å². The van der Waals surface area contributed by atoms with E-state index in [1.165, 1.54) is 11.3 Å². The van der Waals surface area contributed by atoms with Crippen LogP contribution in [0.15, 0.2) is 34.5 Å². The second kappa shape index (κ2) is 6.17. The highest BCUT2D eigenvalue weighted by Gasteiger charge is 2.22. The fourth-order valence-electron chi connectivity index (χ4n) is 2.16. The number of nitrogens with two attached hydrogens (primary N) is 1. The van der Waals surface area contributed by atoms with Crippen molar-refractivity contribution in [3.8, 4) is 0 Å². The zero-order valence-electron chi connectivity index (χ0n) is 12.4. The van der Waals surface area contributed by atoms with Crippen LogP contribution in [0.4, 0.5) is 5.69 Å². The van der Waals surface area contributed by atoms with Crippen molar-refractivity contribution in [3.63, 3.8) is 0 Å². The lowest BCUT2D eigenvalue weighted by molar-refractivity contribution is 0.600. The molecule has 0 fully saturated rings. The van der Waals surface area contributed by atoms with E-state index in [9.17, 15) is 8.42 Å². The molecule has 21 heavy (non-hydrogen) atoms. The van der Waals surface area contributed by atoms with Crippen LogP contribution in [-0.2, 0) is 16.6 Å². The molecule has 0 saturated heterocycles. The molecular weight excluding hydrogens is 304 g/mol. The Kier molecular flexibility index (Phi) is 4.70. The first-order chi connectivity index (χ1) is 9.85. The first-order valence-corrected chi connectivity index (χ1v) is 9.11. The standard InChI is InChI=1S/C15H20N2O2S2/c1-10(2)12-5-4-6-13(7-12)17-21(18,19)15-11(3)9-20-14(15)8-16/h4-7,9-10,17H,8,16H2,1-3H3. The molecule has 0 radical (unpaired) electrons. The van der Waals surface area contributed by atoms with E-state index < -0.39 is 10.0 Å². The third-order valence-electron chi connectivity index (χ3n) is 3.25. The summed E-state index contributed by atoms with van der Waals surface area (Å²) in [6.45, 7) is 6.15. The van der Waals surface area contributed by atoms with Gasteiger partial charge in [-0.2, -0.15) is 0 Å². The van der Waals surface area contributed by atoms with Gasteiger partial charge in [-0.15, -0.1) is 11.3 Å². The predicted octanol–water partition coefficient (Wildman–Crippen LogP) is 3.44. The zero-order chi connectivity index (χ0) is 15.6. The van der Waals surface area contributed by atoms with Crippen LogP contribution in [0.1, 0.15) is 35.8 Å². The van der Waals surface area contributed by atoms with Gasteiger partial charge in [0, 0.05) is 17.1 Å². The first-order valence-electron chi connectivity index (χ1n) is 6.75. The SMILES string of the molecule is Cc1csc(CN)c1S(=O)(=O)Nc1cccc(C(C)C)c1. The number of anilines is 1. The number of hydrogen-bond acceptors (Lipinski definition) is 4. The minimum absolute atomic E-state index is 0.223. The summed E-state index contributed by atoms with van der Waals surface area (Å²) in [4.78, 5) is 0.991. The Morgan fingerprint density at radius 3 is 2.67 bits per heavy atom. The molecule has 1 aromatic heterocycles. The molecule has 114 valence electrons. The molecule has 2 rings (SSSR count). The van der Waals surface area contributed by atoms with Gasteiger partial charge in [0.05, 0.1) is 0 Å². The lowest BCUT2D eigenvalue weighted by Crippen LogP contribution is -2.16. The van der Waals surface area contributed by atoms with Gasteiger partial charge in [-0.3, -0.25) is 4.72 Å². The predicted molar refractivity (Wildman–Crippen MR) is 88.3 cm³/mol. The maximum absolute atomic E-state index is 12.6. The van der Waals surface area contributed by atoms with Crippen molar-refractivity contribution in [3.05, 3.63) is 45.6 Å². The minimum atomic E-state index is -3.61. The summed E-state index contributed by atoms with van der Waals surface area (Å²) in [6.07, 6.45) is 0. The lowest BCUT2D eigenvalue weighted by Gasteiger charge is -2.12. The number of thiophene rings is 1. The molecule has 1 aromatic carbocycles. The molecule has 4 nitrogen and oxygen atoms in total. The van der Waals surface area contributed by atoms with Gasteiger partial charge in [0.25, 0.3) is 10.0 Å². The summed E-state index contributed by atoms with van der Waals surface area (Å²) in [5, 5.41) is 1.82. The van der Waals surface area contributed by atoms with E-state index in [0.717, 1.165) is 11.1 Å². The fraction of sp³-hybridized carbons (Fsp3) is 0.333. The second-order valence-electron chi connectivity index (χ2n) is 5.26. The van der Waals surface area contributed by atoms with E-state index in [1.807, 2.05) is 23.6 Å². The van der Waals surface area contributed by atoms with Crippen molar-refractivity contribution >= 4 is 27.0 Å². The van der Waals surface area contributed by atoms with E-state index in [1.54, 1.807) is 13.0 Å². The molecule has 0 aliphatic carbocycles. The van der Waals surface area contributed by atoms with Gasteiger partial charge >= 0.3 is 0 Å². The van der Waals surface area contributed by atoms with Crippen LogP contribution in [0.5, 0.6) is 0 Å². The summed E-state index contributed by atoms with van der Waals surface area (Å²) >= 11 is 1.38. The molecule has 1 heterocycles. The molecule has 0 saturated carbocycles. The molecule has 3 N–H and O–H groups in total. The molecule has 0 aliphatic rings. The number of rotatable bonds is 5. The van der Waals surface area contributed by atoms with Crippen molar-refractivity contribution < 1.29 is 8.42 Å². The first kappa shape index (κ1) is 16.0. The Balaban J connectivity index is 2.38. The van der Waals surface area contributed by atoms with Gasteiger partial charge in [-0.1, -0.05) is 26.0 Å². The van der Waals surface area contributed by atoms with E-state index >= 15 is 0 Å². The Bertz CT molecular complexity index is 734. The monoisotopic (exact) mass is 324 g/mol. The van der Waals surface area contributed by atoms with Crippen LogP contribution in [-0.4, -0.2) is 8.42 Å². The van der Waals surface area contributed by atoms with Crippen LogP contribution < -0.4 is 10.5 Å². The average molecular weight is 324 g/mol. The zero-order valence-corrected chi connectivity index (χ0v) is 14.0. The van der Waals surface area contributed by atoms with Crippen molar-refractivity contribution in [1.82, 2.24) is 0 Å². The Morgan fingerprint density at radius 1 is 1.33 bits per heavy atom. The highest BCUT2D eigenvalue weighted by atomic mass is 32.2. The second-order valence-corrected chi connectivity index (χ2v) is 7.84. The third-order valence-corrected chi connectivity index (χ3v) is 6.12. The summed E-state index contributed by atoms with van der Waals surface area (Å²) in [5.74, 6) is 0.344. The van der Waals surface area contributed by atoms with Crippen LogP contribution in [0.3, 0.4) is 0 Å². The van der Waals surface area contributed by atoms with Gasteiger partial charge in [0.1, 0.15) is 4.90 Å². The maximum atomic E-state index is 12.6. The number of hydrogen-bond donors (Lipinski definition) is 2. The minimum Gasteiger partial charge on any atom is -0.326 e. The molecule has 0 amide bonds. The average Bonchev–Trinajstić information content (AvgIpc) is 2.80. The van der Waals surface area contributed by atoms with Crippen molar-refractivity contribution in [1.29, 1.82) is 0 Å². The van der Waals surface area contributed by atoms with Gasteiger partial charge < -0.3 is 5.73 Å². The fourth-order valence-corrected chi connectivity index (χ4v) is 4.91. The quantitative estimate of drug-likeness (QED) is 0.885. The molecule has 0 bridgehead atoms. The smallest absolute Gasteiger partial charge is 0.263 e. The van der Waals surface area contributed by atoms with Gasteiger partial charge in [-0.05, 0) is 41.5 Å². The number of aryl methyl sites for hydroxylation is 1. The highest BCUT2D eigenvalue weighted by molar-refractivity contribution is 7.93. The summed E-state index contributed by atoms with van der Waals surface area (Å²) in [6, 6.07) is 7.47. The lowest BCUT2D eigenvalue weighted by atomic mass is 10.0. The maximum Gasteiger partial charge on any atom is 0.263 e. The molecule has 2 aromatic rings. The van der Waals surface area contributed by atoms with Crippen LogP contribution >= 0.6 is 11.3 Å². The van der Waals surface area contributed by atoms with Crippen LogP contribution in [0, 0.1) is 6.92 Å². The third kappa shape index (κ3) is 3.45. The van der Waals surface area contributed by atoms with Crippen molar-refractivity contribution in [2.45, 2.75) is 38.1 Å². The molecule has 0 aliphatic heterocycles. The largest absolute Gasteiger partial charge is 0.326 e. The van der Waals surface area contributed by atoms with E-state index in [0.29, 0.717) is 21.4 Å². The summed E-state index contributed by atoms with van der Waals surface area (Å²) in [7, 11) is -3.61. The molecule has 0 unspecified atom stereocenters. The Morgan fingerprint density at radius 2 is 2.05 bits per heavy atom. The summed E-state index contributed by atoms with van der Waals surface area (Å²) in [5.41, 5.74) is 8.04.